The van der Waals surface area contributed by atoms with E-state index in [0.29, 0.717) is 0 Å². The van der Waals surface area contributed by atoms with Gasteiger partial charge in [0.25, 0.3) is 0 Å². The van der Waals surface area contributed by atoms with Crippen molar-refractivity contribution in [3.63, 3.8) is 0 Å². The van der Waals surface area contributed by atoms with E-state index >= 15 is 0 Å². The summed E-state index contributed by atoms with van der Waals surface area (Å²) in [5.41, 5.74) is 0. The Morgan fingerprint density at radius 2 is 1.09 bits per heavy atom. The van der Waals surface area contributed by atoms with E-state index in [1.807, 2.05) is 0 Å². The summed E-state index contributed by atoms with van der Waals surface area (Å²) in [5, 5.41) is 7.72. The van der Waals surface area contributed by atoms with E-state index < -0.39 is 5.97 Å². The molecule has 0 amide bonds. The smallest absolute Gasteiger partial charge is 0.303 e. The van der Waals surface area contributed by atoms with Crippen molar-refractivity contribution < 1.29 is 9.90 Å². The molecule has 0 aromatic heterocycles. The SMILES string of the molecule is CCC.CCC.CCC(=O)O. The van der Waals surface area contributed by atoms with Gasteiger partial charge in [0.05, 0.1) is 0 Å². The van der Waals surface area contributed by atoms with Crippen LogP contribution in [-0.2, 0) is 4.79 Å². The van der Waals surface area contributed by atoms with Crippen molar-refractivity contribution in [3.05, 3.63) is 0 Å². The summed E-state index contributed by atoms with van der Waals surface area (Å²) in [7, 11) is 0. The van der Waals surface area contributed by atoms with E-state index in [0.717, 1.165) is 0 Å². The molecule has 0 aromatic carbocycles. The van der Waals surface area contributed by atoms with Crippen LogP contribution in [0.1, 0.15) is 53.9 Å². The lowest BCUT2D eigenvalue weighted by molar-refractivity contribution is -0.136. The molecule has 0 aromatic rings. The van der Waals surface area contributed by atoms with E-state index in [1.165, 1.54) is 12.8 Å². The first-order valence-corrected chi connectivity index (χ1v) is 4.32. The zero-order valence-electron chi connectivity index (χ0n) is 8.48. The highest BCUT2D eigenvalue weighted by Crippen LogP contribution is 1.67. The molecule has 0 atom stereocenters. The highest BCUT2D eigenvalue weighted by molar-refractivity contribution is 5.66. The Bertz CT molecular complexity index is 58.6. The molecule has 1 N–H and O–H groups in total. The van der Waals surface area contributed by atoms with Gasteiger partial charge >= 0.3 is 5.97 Å². The van der Waals surface area contributed by atoms with Crippen LogP contribution < -0.4 is 0 Å². The summed E-state index contributed by atoms with van der Waals surface area (Å²) in [4.78, 5) is 9.37. The third-order valence-electron chi connectivity index (χ3n) is 0.302. The molecule has 0 aliphatic carbocycles. The molecule has 0 heterocycles. The molecule has 0 unspecified atom stereocenters. The standard InChI is InChI=1S/C3H6O2.2C3H8/c1-2-3(4)5;2*1-3-2/h2H2,1H3,(H,4,5);2*3H2,1-2H3. The molecule has 0 rings (SSSR count). The van der Waals surface area contributed by atoms with Gasteiger partial charge in [0.1, 0.15) is 0 Å². The van der Waals surface area contributed by atoms with Gasteiger partial charge in [-0.15, -0.1) is 0 Å². The van der Waals surface area contributed by atoms with Crippen LogP contribution in [0.3, 0.4) is 0 Å². The normalized spacial score (nSPS) is 6.64. The number of carboxylic acids is 1. The van der Waals surface area contributed by atoms with Gasteiger partial charge < -0.3 is 5.11 Å². The van der Waals surface area contributed by atoms with Crippen LogP contribution in [0.2, 0.25) is 0 Å². The van der Waals surface area contributed by atoms with Crippen LogP contribution in [-0.4, -0.2) is 11.1 Å². The van der Waals surface area contributed by atoms with Gasteiger partial charge in [-0.25, -0.2) is 0 Å². The Morgan fingerprint density at radius 3 is 1.09 bits per heavy atom. The molecule has 0 fully saturated rings. The van der Waals surface area contributed by atoms with Crippen molar-refractivity contribution in [1.29, 1.82) is 0 Å². The molecular formula is C9H22O2. The fraction of sp³-hybridized carbons (Fsp3) is 0.889. The van der Waals surface area contributed by atoms with E-state index in [9.17, 15) is 4.79 Å². The van der Waals surface area contributed by atoms with Crippen LogP contribution >= 0.6 is 0 Å². The molecule has 70 valence electrons. The summed E-state index contributed by atoms with van der Waals surface area (Å²) in [6, 6.07) is 0. The highest BCUT2D eigenvalue weighted by Gasteiger charge is 1.80. The summed E-state index contributed by atoms with van der Waals surface area (Å²) in [5.74, 6) is -0.745. The lowest BCUT2D eigenvalue weighted by atomic mass is 10.5. The second-order valence-electron chi connectivity index (χ2n) is 2.16. The molecule has 0 bridgehead atoms. The Kier molecular flexibility index (Phi) is 34.7. The van der Waals surface area contributed by atoms with Crippen molar-refractivity contribution in [2.45, 2.75) is 53.9 Å². The summed E-state index contributed by atoms with van der Waals surface area (Å²) in [6.45, 7) is 10.1. The van der Waals surface area contributed by atoms with Gasteiger partial charge in [-0.3, -0.25) is 4.79 Å². The first kappa shape index (κ1) is 16.8. The molecule has 0 saturated carbocycles. The zero-order valence-corrected chi connectivity index (χ0v) is 8.48. The second-order valence-corrected chi connectivity index (χ2v) is 2.16. The fourth-order valence-electron chi connectivity index (χ4n) is 0. The van der Waals surface area contributed by atoms with Gasteiger partial charge in [-0.05, 0) is 0 Å². The predicted octanol–water partition coefficient (Wildman–Crippen LogP) is 3.31. The average Bonchev–Trinajstić information content (AvgIpc) is 1.91. The molecule has 0 radical (unpaired) electrons. The molecule has 0 saturated heterocycles. The third-order valence-corrected chi connectivity index (χ3v) is 0.302. The molecule has 0 spiro atoms. The van der Waals surface area contributed by atoms with E-state index in [1.54, 1.807) is 6.92 Å². The minimum Gasteiger partial charge on any atom is -0.481 e. The Labute approximate surface area is 70.6 Å². The van der Waals surface area contributed by atoms with Crippen molar-refractivity contribution in [2.24, 2.45) is 0 Å². The van der Waals surface area contributed by atoms with Gasteiger partial charge in [0.15, 0.2) is 0 Å². The number of rotatable bonds is 1. The summed E-state index contributed by atoms with van der Waals surface area (Å²) in [6.07, 6.45) is 2.72. The third kappa shape index (κ3) is 245. The minimum atomic E-state index is -0.745. The van der Waals surface area contributed by atoms with Crippen LogP contribution in [0.4, 0.5) is 0 Å². The number of carbonyl (C=O) groups is 1. The molecule has 2 heteroatoms. The number of hydrogen-bond acceptors (Lipinski definition) is 1. The predicted molar refractivity (Wildman–Crippen MR) is 49.9 cm³/mol. The van der Waals surface area contributed by atoms with Gasteiger partial charge in [0, 0.05) is 6.42 Å². The lowest BCUT2D eigenvalue weighted by Gasteiger charge is -1.71. The molecule has 0 aliphatic heterocycles. The maximum absolute atomic E-state index is 9.37. The lowest BCUT2D eigenvalue weighted by Crippen LogP contribution is -1.86. The van der Waals surface area contributed by atoms with Gasteiger partial charge in [-0.2, -0.15) is 0 Å². The summed E-state index contributed by atoms with van der Waals surface area (Å²) >= 11 is 0. The highest BCUT2D eigenvalue weighted by atomic mass is 16.4. The van der Waals surface area contributed by atoms with Crippen LogP contribution in [0.25, 0.3) is 0 Å². The summed E-state index contributed by atoms with van der Waals surface area (Å²) < 4.78 is 0. The van der Waals surface area contributed by atoms with Gasteiger partial charge in [-0.1, -0.05) is 47.5 Å². The number of hydrogen-bond donors (Lipinski definition) is 1. The van der Waals surface area contributed by atoms with E-state index in [-0.39, 0.29) is 6.42 Å². The van der Waals surface area contributed by atoms with Crippen molar-refractivity contribution in [3.8, 4) is 0 Å². The second kappa shape index (κ2) is 22.7. The van der Waals surface area contributed by atoms with Crippen LogP contribution in [0.5, 0.6) is 0 Å². The van der Waals surface area contributed by atoms with Crippen molar-refractivity contribution >= 4 is 5.97 Å². The van der Waals surface area contributed by atoms with E-state index in [2.05, 4.69) is 27.7 Å². The number of carboxylic acid groups (broad SMARTS) is 1. The van der Waals surface area contributed by atoms with E-state index in [4.69, 9.17) is 5.11 Å². The maximum atomic E-state index is 9.37. The Hall–Kier alpha value is -0.530. The molecular weight excluding hydrogens is 140 g/mol. The Morgan fingerprint density at radius 1 is 1.00 bits per heavy atom. The molecule has 2 nitrogen and oxygen atoms in total. The zero-order chi connectivity index (χ0) is 9.70. The fourth-order valence-corrected chi connectivity index (χ4v) is 0. The van der Waals surface area contributed by atoms with Crippen LogP contribution in [0, 0.1) is 0 Å². The van der Waals surface area contributed by atoms with Crippen molar-refractivity contribution in [2.75, 3.05) is 0 Å². The minimum absolute atomic E-state index is 0.222. The molecule has 0 aliphatic rings. The topological polar surface area (TPSA) is 37.3 Å². The largest absolute Gasteiger partial charge is 0.481 e. The van der Waals surface area contributed by atoms with Gasteiger partial charge in [0.2, 0.25) is 0 Å². The Balaban J connectivity index is -0.0000000933. The first-order chi connectivity index (χ1) is 5.10. The number of aliphatic carboxylic acids is 1. The van der Waals surface area contributed by atoms with Crippen LogP contribution in [0.15, 0.2) is 0 Å². The first-order valence-electron chi connectivity index (χ1n) is 4.32. The quantitative estimate of drug-likeness (QED) is 0.642. The average molecular weight is 162 g/mol. The van der Waals surface area contributed by atoms with Crippen molar-refractivity contribution in [1.82, 2.24) is 0 Å². The molecule has 11 heavy (non-hydrogen) atoms. The maximum Gasteiger partial charge on any atom is 0.303 e. The monoisotopic (exact) mass is 162 g/mol.